The lowest BCUT2D eigenvalue weighted by Crippen LogP contribution is -2.54. The van der Waals surface area contributed by atoms with Crippen LogP contribution in [0.3, 0.4) is 0 Å². The van der Waals surface area contributed by atoms with Gasteiger partial charge < -0.3 is 9.88 Å². The molecule has 34 heavy (non-hydrogen) atoms. The van der Waals surface area contributed by atoms with Crippen LogP contribution in [-0.2, 0) is 4.79 Å². The van der Waals surface area contributed by atoms with Gasteiger partial charge in [-0.05, 0) is 50.1 Å². The summed E-state index contributed by atoms with van der Waals surface area (Å²) < 4.78 is 29.8. The standard InChI is InChI=1S/C25H26F2N4O3/c1-14(2)22(28-24(33)21-19(26)11-8-12-20(21)27)25(34)30-29-23(32)18-13-15(3)31(16(18)4)17-9-6-5-7-10-17/h5-14,22H,1-4H3,(H,28,33)(H,29,32)(H,30,34)/t22-/m0/s1. The van der Waals surface area contributed by atoms with Crippen LogP contribution in [0.4, 0.5) is 8.78 Å². The SMILES string of the molecule is Cc1cc(C(=O)NNC(=O)[C@@H](NC(=O)c2c(F)cccc2F)C(C)C)c(C)n1-c1ccccc1. The van der Waals surface area contributed by atoms with E-state index in [1.807, 2.05) is 41.8 Å². The first-order valence-corrected chi connectivity index (χ1v) is 10.7. The Morgan fingerprint density at radius 3 is 2.06 bits per heavy atom. The second-order valence-corrected chi connectivity index (χ2v) is 8.19. The van der Waals surface area contributed by atoms with Gasteiger partial charge in [-0.2, -0.15) is 0 Å². The molecule has 0 aliphatic rings. The predicted octanol–water partition coefficient (Wildman–Crippen LogP) is 3.59. The molecule has 0 fully saturated rings. The average Bonchev–Trinajstić information content (AvgIpc) is 3.09. The number of aromatic nitrogens is 1. The van der Waals surface area contributed by atoms with Gasteiger partial charge in [0.25, 0.3) is 17.7 Å². The fraction of sp³-hybridized carbons (Fsp3) is 0.240. The summed E-state index contributed by atoms with van der Waals surface area (Å²) in [4.78, 5) is 37.9. The summed E-state index contributed by atoms with van der Waals surface area (Å²) in [6, 6.07) is 13.1. The first-order valence-electron chi connectivity index (χ1n) is 10.7. The van der Waals surface area contributed by atoms with Crippen molar-refractivity contribution in [1.29, 1.82) is 0 Å². The topological polar surface area (TPSA) is 92.2 Å². The van der Waals surface area contributed by atoms with Crippen LogP contribution in [0.15, 0.2) is 54.6 Å². The Labute approximate surface area is 196 Å². The second-order valence-electron chi connectivity index (χ2n) is 8.19. The normalized spacial score (nSPS) is 11.7. The summed E-state index contributed by atoms with van der Waals surface area (Å²) in [6.07, 6.45) is 0. The van der Waals surface area contributed by atoms with E-state index in [0.29, 0.717) is 11.3 Å². The van der Waals surface area contributed by atoms with Crippen molar-refractivity contribution in [2.45, 2.75) is 33.7 Å². The Balaban J connectivity index is 1.71. The number of carbonyl (C=O) groups is 3. The maximum Gasteiger partial charge on any atom is 0.271 e. The molecule has 1 heterocycles. The minimum Gasteiger partial charge on any atom is -0.340 e. The molecular formula is C25H26F2N4O3. The molecule has 7 nitrogen and oxygen atoms in total. The number of hydrogen-bond acceptors (Lipinski definition) is 3. The summed E-state index contributed by atoms with van der Waals surface area (Å²) in [5, 5.41) is 2.34. The number of rotatable bonds is 6. The number of carbonyl (C=O) groups excluding carboxylic acids is 3. The third-order valence-electron chi connectivity index (χ3n) is 5.41. The van der Waals surface area contributed by atoms with Gasteiger partial charge >= 0.3 is 0 Å². The fourth-order valence-electron chi connectivity index (χ4n) is 3.69. The first kappa shape index (κ1) is 24.6. The zero-order valence-electron chi connectivity index (χ0n) is 19.3. The van der Waals surface area contributed by atoms with E-state index in [1.165, 1.54) is 0 Å². The van der Waals surface area contributed by atoms with Crippen LogP contribution in [0.1, 0.15) is 46.0 Å². The fourth-order valence-corrected chi connectivity index (χ4v) is 3.69. The van der Waals surface area contributed by atoms with E-state index in [9.17, 15) is 23.2 Å². The molecule has 2 aromatic carbocycles. The lowest BCUT2D eigenvalue weighted by molar-refractivity contribution is -0.124. The second kappa shape index (κ2) is 10.3. The summed E-state index contributed by atoms with van der Waals surface area (Å²) >= 11 is 0. The zero-order valence-corrected chi connectivity index (χ0v) is 19.3. The molecule has 9 heteroatoms. The molecule has 0 radical (unpaired) electrons. The lowest BCUT2D eigenvalue weighted by atomic mass is 10.0. The predicted molar refractivity (Wildman–Crippen MR) is 123 cm³/mol. The number of halogens is 2. The molecule has 0 aliphatic carbocycles. The van der Waals surface area contributed by atoms with Gasteiger partial charge in [0, 0.05) is 17.1 Å². The van der Waals surface area contributed by atoms with E-state index in [0.717, 1.165) is 29.6 Å². The van der Waals surface area contributed by atoms with Crippen LogP contribution in [0.5, 0.6) is 0 Å². The third kappa shape index (κ3) is 5.14. The minimum absolute atomic E-state index is 0.361. The molecule has 3 N–H and O–H groups in total. The highest BCUT2D eigenvalue weighted by Gasteiger charge is 2.28. The summed E-state index contributed by atoms with van der Waals surface area (Å²) in [7, 11) is 0. The first-order chi connectivity index (χ1) is 16.1. The van der Waals surface area contributed by atoms with Crippen LogP contribution < -0.4 is 16.2 Å². The van der Waals surface area contributed by atoms with E-state index in [-0.39, 0.29) is 0 Å². The largest absolute Gasteiger partial charge is 0.340 e. The minimum atomic E-state index is -1.15. The Kier molecular flexibility index (Phi) is 7.45. The summed E-state index contributed by atoms with van der Waals surface area (Å²) in [5.74, 6) is -4.85. The highest BCUT2D eigenvalue weighted by atomic mass is 19.1. The molecule has 3 amide bonds. The molecule has 3 rings (SSSR count). The van der Waals surface area contributed by atoms with Gasteiger partial charge in [-0.1, -0.05) is 38.1 Å². The van der Waals surface area contributed by atoms with Crippen molar-refractivity contribution in [3.63, 3.8) is 0 Å². The maximum atomic E-state index is 13.9. The number of hydrogen-bond donors (Lipinski definition) is 3. The van der Waals surface area contributed by atoms with Crippen molar-refractivity contribution < 1.29 is 23.2 Å². The van der Waals surface area contributed by atoms with Crippen molar-refractivity contribution in [2.24, 2.45) is 5.92 Å². The number of benzene rings is 2. The molecule has 0 spiro atoms. The van der Waals surface area contributed by atoms with Crippen molar-refractivity contribution in [2.75, 3.05) is 0 Å². The highest BCUT2D eigenvalue weighted by molar-refractivity contribution is 6.00. The number of hydrazine groups is 1. The van der Waals surface area contributed by atoms with Crippen LogP contribution in [0, 0.1) is 31.4 Å². The summed E-state index contributed by atoms with van der Waals surface area (Å²) in [6.45, 7) is 6.95. The van der Waals surface area contributed by atoms with Crippen molar-refractivity contribution >= 4 is 17.7 Å². The van der Waals surface area contributed by atoms with E-state index in [4.69, 9.17) is 0 Å². The Morgan fingerprint density at radius 2 is 1.47 bits per heavy atom. The quantitative estimate of drug-likeness (QED) is 0.483. The summed E-state index contributed by atoms with van der Waals surface area (Å²) in [5.41, 5.74) is 6.63. The Hall–Kier alpha value is -4.01. The number of aryl methyl sites for hydroxylation is 1. The van der Waals surface area contributed by atoms with Crippen molar-refractivity contribution in [3.8, 4) is 5.69 Å². The maximum absolute atomic E-state index is 13.9. The third-order valence-corrected chi connectivity index (χ3v) is 5.41. The van der Waals surface area contributed by atoms with Gasteiger partial charge in [0.15, 0.2) is 0 Å². The molecule has 0 unspecified atom stereocenters. The zero-order chi connectivity index (χ0) is 25.0. The van der Waals surface area contributed by atoms with E-state index < -0.39 is 46.9 Å². The monoisotopic (exact) mass is 468 g/mol. The molecule has 0 saturated heterocycles. The Bertz CT molecular complexity index is 1200. The molecule has 1 atom stereocenters. The Morgan fingerprint density at radius 1 is 0.853 bits per heavy atom. The van der Waals surface area contributed by atoms with Crippen LogP contribution >= 0.6 is 0 Å². The smallest absolute Gasteiger partial charge is 0.271 e. The molecule has 0 aliphatic heterocycles. The number of amides is 3. The molecular weight excluding hydrogens is 442 g/mol. The number of nitrogens with zero attached hydrogens (tertiary/aromatic N) is 1. The lowest BCUT2D eigenvalue weighted by Gasteiger charge is -2.22. The van der Waals surface area contributed by atoms with Crippen LogP contribution in [-0.4, -0.2) is 28.3 Å². The highest BCUT2D eigenvalue weighted by Crippen LogP contribution is 2.20. The number of nitrogens with one attached hydrogen (secondary N) is 3. The molecule has 0 saturated carbocycles. The van der Waals surface area contributed by atoms with Crippen molar-refractivity contribution in [1.82, 2.24) is 20.7 Å². The van der Waals surface area contributed by atoms with Gasteiger partial charge in [-0.25, -0.2) is 8.78 Å². The van der Waals surface area contributed by atoms with E-state index in [2.05, 4.69) is 16.2 Å². The average molecular weight is 469 g/mol. The van der Waals surface area contributed by atoms with Crippen molar-refractivity contribution in [3.05, 3.63) is 88.7 Å². The van der Waals surface area contributed by atoms with Gasteiger partial charge in [-0.15, -0.1) is 0 Å². The van der Waals surface area contributed by atoms with Gasteiger partial charge in [-0.3, -0.25) is 25.2 Å². The molecule has 0 bridgehead atoms. The van der Waals surface area contributed by atoms with E-state index >= 15 is 0 Å². The van der Waals surface area contributed by atoms with Gasteiger partial charge in [0.05, 0.1) is 5.56 Å². The van der Waals surface area contributed by atoms with Crippen LogP contribution in [0.25, 0.3) is 5.69 Å². The number of para-hydroxylation sites is 1. The molecule has 1 aromatic heterocycles. The molecule has 178 valence electrons. The van der Waals surface area contributed by atoms with Gasteiger partial charge in [0.1, 0.15) is 23.2 Å². The molecule has 3 aromatic rings. The van der Waals surface area contributed by atoms with Crippen LogP contribution in [0.2, 0.25) is 0 Å². The van der Waals surface area contributed by atoms with Gasteiger partial charge in [0.2, 0.25) is 0 Å². The van der Waals surface area contributed by atoms with E-state index in [1.54, 1.807) is 26.8 Å².